The van der Waals surface area contributed by atoms with Gasteiger partial charge < -0.3 is 19.6 Å². The van der Waals surface area contributed by atoms with Gasteiger partial charge in [0.25, 0.3) is 0 Å². The number of aromatic hydroxyl groups is 1. The van der Waals surface area contributed by atoms with E-state index in [1.54, 1.807) is 43.7 Å². The van der Waals surface area contributed by atoms with Crippen LogP contribution in [0.3, 0.4) is 0 Å². The number of nitrogens with zero attached hydrogens (tertiary/aromatic N) is 2. The first-order chi connectivity index (χ1) is 12.7. The van der Waals surface area contributed by atoms with Crippen LogP contribution >= 0.6 is 0 Å². The molecule has 0 amide bonds. The number of hydrogen-bond acceptors (Lipinski definition) is 7. The quantitative estimate of drug-likeness (QED) is 0.537. The smallest absolute Gasteiger partial charge is 0.376 e. The van der Waals surface area contributed by atoms with Crippen LogP contribution in [-0.4, -0.2) is 27.7 Å². The van der Waals surface area contributed by atoms with Gasteiger partial charge in [-0.3, -0.25) is 9.97 Å². The maximum absolute atomic E-state index is 12.3. The minimum absolute atomic E-state index is 0.0870. The molecule has 0 aliphatic carbocycles. The summed E-state index contributed by atoms with van der Waals surface area (Å²) in [6.07, 6.45) is 6.22. The van der Waals surface area contributed by atoms with Gasteiger partial charge in [0, 0.05) is 34.2 Å². The van der Waals surface area contributed by atoms with Crippen LogP contribution in [0.2, 0.25) is 0 Å². The van der Waals surface area contributed by atoms with Gasteiger partial charge in [0.15, 0.2) is 5.58 Å². The van der Waals surface area contributed by atoms with E-state index in [1.807, 2.05) is 6.07 Å². The molecule has 7 heteroatoms. The third kappa shape index (κ3) is 2.69. The lowest BCUT2D eigenvalue weighted by atomic mass is 10.1. The molecular weight excluding hydrogens is 334 g/mol. The van der Waals surface area contributed by atoms with Crippen molar-refractivity contribution in [1.82, 2.24) is 9.97 Å². The molecule has 0 aliphatic rings. The maximum Gasteiger partial charge on any atom is 0.376 e. The second-order valence-corrected chi connectivity index (χ2v) is 5.62. The number of rotatable bonds is 4. The van der Waals surface area contributed by atoms with Crippen molar-refractivity contribution >= 4 is 39.1 Å². The Morgan fingerprint density at radius 3 is 2.92 bits per heavy atom. The van der Waals surface area contributed by atoms with E-state index in [2.05, 4.69) is 15.3 Å². The molecule has 0 fully saturated rings. The molecule has 0 spiro atoms. The maximum atomic E-state index is 12.3. The summed E-state index contributed by atoms with van der Waals surface area (Å²) in [5, 5.41) is 15.3. The van der Waals surface area contributed by atoms with E-state index in [9.17, 15) is 9.90 Å². The van der Waals surface area contributed by atoms with Gasteiger partial charge in [0.2, 0.25) is 5.76 Å². The van der Waals surface area contributed by atoms with Crippen LogP contribution in [0.4, 0.5) is 11.4 Å². The van der Waals surface area contributed by atoms with E-state index < -0.39 is 5.97 Å². The van der Waals surface area contributed by atoms with Crippen molar-refractivity contribution in [3.63, 3.8) is 0 Å². The number of benzene rings is 1. The predicted octanol–water partition coefficient (Wildman–Crippen LogP) is 4.00. The molecule has 2 N–H and O–H groups in total. The number of furan rings is 1. The Balaban J connectivity index is 1.81. The summed E-state index contributed by atoms with van der Waals surface area (Å²) in [5.41, 5.74) is 1.71. The second kappa shape index (κ2) is 6.36. The Morgan fingerprint density at radius 2 is 2.08 bits per heavy atom. The third-order valence-electron chi connectivity index (χ3n) is 3.96. The van der Waals surface area contributed by atoms with Crippen LogP contribution in [0.25, 0.3) is 21.7 Å². The monoisotopic (exact) mass is 349 g/mol. The van der Waals surface area contributed by atoms with Crippen molar-refractivity contribution < 1.29 is 19.1 Å². The summed E-state index contributed by atoms with van der Waals surface area (Å²) >= 11 is 0. The summed E-state index contributed by atoms with van der Waals surface area (Å²) < 4.78 is 10.7. The Bertz CT molecular complexity index is 1120. The number of ether oxygens (including phenoxy) is 1. The molecule has 0 atom stereocenters. The largest absolute Gasteiger partial charge is 0.506 e. The highest BCUT2D eigenvalue weighted by Crippen LogP contribution is 2.34. The number of hydrogen-bond donors (Lipinski definition) is 2. The fraction of sp³-hybridized carbons (Fsp3) is 0.105. The standard InChI is InChI=1S/C19H15N3O4/c1-2-25-19(24)18-17(14-5-6-20-10-16(14)26-18)22-12-3-4-13-11(7-12)8-21-9-15(13)23/h3-10,22-23H,2H2,1H3. The van der Waals surface area contributed by atoms with Gasteiger partial charge >= 0.3 is 5.97 Å². The van der Waals surface area contributed by atoms with E-state index in [1.165, 1.54) is 6.20 Å². The van der Waals surface area contributed by atoms with Crippen LogP contribution in [-0.2, 0) is 4.74 Å². The third-order valence-corrected chi connectivity index (χ3v) is 3.96. The lowest BCUT2D eigenvalue weighted by Crippen LogP contribution is -2.06. The van der Waals surface area contributed by atoms with E-state index in [-0.39, 0.29) is 18.1 Å². The van der Waals surface area contributed by atoms with Gasteiger partial charge in [0.1, 0.15) is 11.4 Å². The SMILES string of the molecule is CCOC(=O)c1oc2cnccc2c1Nc1ccc2c(O)cncc2c1. The highest BCUT2D eigenvalue weighted by atomic mass is 16.5. The highest BCUT2D eigenvalue weighted by molar-refractivity contribution is 6.05. The number of nitrogens with one attached hydrogen (secondary N) is 1. The van der Waals surface area contributed by atoms with Gasteiger partial charge in [-0.2, -0.15) is 0 Å². The topological polar surface area (TPSA) is 97.5 Å². The molecule has 26 heavy (non-hydrogen) atoms. The van der Waals surface area contributed by atoms with E-state index in [0.29, 0.717) is 16.7 Å². The van der Waals surface area contributed by atoms with Crippen molar-refractivity contribution in [2.45, 2.75) is 6.92 Å². The van der Waals surface area contributed by atoms with Crippen LogP contribution in [0, 0.1) is 0 Å². The Labute approximate surface area is 148 Å². The molecule has 7 nitrogen and oxygen atoms in total. The van der Waals surface area contributed by atoms with Gasteiger partial charge in [-0.05, 0) is 31.2 Å². The molecule has 130 valence electrons. The number of fused-ring (bicyclic) bond motifs is 2. The lowest BCUT2D eigenvalue weighted by molar-refractivity contribution is 0.0494. The molecule has 0 saturated carbocycles. The molecule has 3 aromatic heterocycles. The first kappa shape index (κ1) is 15.9. The number of carbonyl (C=O) groups is 1. The van der Waals surface area contributed by atoms with Crippen LogP contribution in [0.15, 0.2) is 53.5 Å². The summed E-state index contributed by atoms with van der Waals surface area (Å²) in [7, 11) is 0. The van der Waals surface area contributed by atoms with Crippen molar-refractivity contribution in [1.29, 1.82) is 0 Å². The number of pyridine rings is 2. The summed E-state index contributed by atoms with van der Waals surface area (Å²) in [6, 6.07) is 7.18. The molecule has 0 radical (unpaired) electrons. The number of carbonyl (C=O) groups excluding carboxylic acids is 1. The Hall–Kier alpha value is -3.61. The average Bonchev–Trinajstić information content (AvgIpc) is 3.01. The minimum atomic E-state index is -0.550. The van der Waals surface area contributed by atoms with Gasteiger partial charge in [0.05, 0.1) is 19.0 Å². The number of anilines is 2. The Kier molecular flexibility index (Phi) is 3.89. The second-order valence-electron chi connectivity index (χ2n) is 5.62. The van der Waals surface area contributed by atoms with Crippen LogP contribution < -0.4 is 5.32 Å². The van der Waals surface area contributed by atoms with Gasteiger partial charge in [-0.15, -0.1) is 0 Å². The molecule has 4 aromatic rings. The van der Waals surface area contributed by atoms with E-state index in [4.69, 9.17) is 9.15 Å². The van der Waals surface area contributed by atoms with E-state index >= 15 is 0 Å². The van der Waals surface area contributed by atoms with Gasteiger partial charge in [-0.25, -0.2) is 4.79 Å². The molecule has 3 heterocycles. The van der Waals surface area contributed by atoms with Crippen molar-refractivity contribution in [2.24, 2.45) is 0 Å². The summed E-state index contributed by atoms with van der Waals surface area (Å²) in [4.78, 5) is 20.3. The predicted molar refractivity (Wildman–Crippen MR) is 96.7 cm³/mol. The molecule has 0 bridgehead atoms. The van der Waals surface area contributed by atoms with Crippen molar-refractivity contribution in [3.05, 3.63) is 54.8 Å². The zero-order chi connectivity index (χ0) is 18.1. The van der Waals surface area contributed by atoms with Crippen molar-refractivity contribution in [3.8, 4) is 5.75 Å². The zero-order valence-corrected chi connectivity index (χ0v) is 13.9. The molecule has 0 aliphatic heterocycles. The fourth-order valence-corrected chi connectivity index (χ4v) is 2.80. The number of aromatic nitrogens is 2. The first-order valence-corrected chi connectivity index (χ1v) is 8.04. The van der Waals surface area contributed by atoms with Crippen LogP contribution in [0.5, 0.6) is 5.75 Å². The first-order valence-electron chi connectivity index (χ1n) is 8.04. The fourth-order valence-electron chi connectivity index (χ4n) is 2.80. The average molecular weight is 349 g/mol. The minimum Gasteiger partial charge on any atom is -0.506 e. The van der Waals surface area contributed by atoms with E-state index in [0.717, 1.165) is 16.5 Å². The molecule has 1 aromatic carbocycles. The Morgan fingerprint density at radius 1 is 1.19 bits per heavy atom. The lowest BCUT2D eigenvalue weighted by Gasteiger charge is -2.08. The van der Waals surface area contributed by atoms with Crippen molar-refractivity contribution in [2.75, 3.05) is 11.9 Å². The summed E-state index contributed by atoms with van der Waals surface area (Å²) in [5.74, 6) is -0.351. The summed E-state index contributed by atoms with van der Waals surface area (Å²) in [6.45, 7) is 1.98. The molecule has 4 rings (SSSR count). The molecular formula is C19H15N3O4. The normalized spacial score (nSPS) is 11.0. The zero-order valence-electron chi connectivity index (χ0n) is 13.9. The van der Waals surface area contributed by atoms with Crippen LogP contribution in [0.1, 0.15) is 17.5 Å². The number of esters is 1. The molecule has 0 unspecified atom stereocenters. The van der Waals surface area contributed by atoms with Gasteiger partial charge in [-0.1, -0.05) is 0 Å². The highest BCUT2D eigenvalue weighted by Gasteiger charge is 2.22. The molecule has 0 saturated heterocycles.